The second-order valence-corrected chi connectivity index (χ2v) is 5.43. The van der Waals surface area contributed by atoms with Crippen molar-refractivity contribution in [1.29, 1.82) is 0 Å². The number of hydrogen-bond acceptors (Lipinski definition) is 4. The Labute approximate surface area is 129 Å². The van der Waals surface area contributed by atoms with Crippen molar-refractivity contribution in [1.82, 2.24) is 9.97 Å². The van der Waals surface area contributed by atoms with Crippen LogP contribution in [0.15, 0.2) is 35.1 Å². The number of nitrogens with zero attached hydrogens (tertiary/aromatic N) is 2. The van der Waals surface area contributed by atoms with E-state index in [1.165, 1.54) is 6.20 Å². The molecule has 1 amide bonds. The first-order chi connectivity index (χ1) is 9.47. The molecular weight excluding hydrogens is 340 g/mol. The van der Waals surface area contributed by atoms with Gasteiger partial charge in [0.1, 0.15) is 16.5 Å². The molecule has 0 aliphatic rings. The number of pyridine rings is 2. The molecule has 0 saturated heterocycles. The van der Waals surface area contributed by atoms with E-state index in [-0.39, 0.29) is 16.6 Å². The standard InChI is InChI=1S/C13H11BrN4OS/c1-7-4-9(14)6-17-12(7)18-13(19)10-3-2-8(5-16-10)11(15)20/h2-6H,1H3,(H2,15,20)(H,17,18,19). The molecule has 0 aliphatic heterocycles. The lowest BCUT2D eigenvalue weighted by Gasteiger charge is -2.07. The molecule has 0 radical (unpaired) electrons. The zero-order valence-electron chi connectivity index (χ0n) is 10.6. The molecule has 0 aromatic carbocycles. The van der Waals surface area contributed by atoms with Crippen LogP contribution in [-0.4, -0.2) is 20.9 Å². The number of carbonyl (C=O) groups is 1. The number of carbonyl (C=O) groups excluding carboxylic acids is 1. The van der Waals surface area contributed by atoms with Gasteiger partial charge in [0.05, 0.1) is 0 Å². The molecule has 0 spiro atoms. The van der Waals surface area contributed by atoms with Crippen LogP contribution in [0.5, 0.6) is 0 Å². The van der Waals surface area contributed by atoms with Crippen LogP contribution in [0.25, 0.3) is 0 Å². The largest absolute Gasteiger partial charge is 0.389 e. The zero-order valence-corrected chi connectivity index (χ0v) is 13.0. The highest BCUT2D eigenvalue weighted by Crippen LogP contribution is 2.17. The number of hydrogen-bond donors (Lipinski definition) is 2. The summed E-state index contributed by atoms with van der Waals surface area (Å²) >= 11 is 8.15. The second kappa shape index (κ2) is 6.06. The molecule has 2 rings (SSSR count). The van der Waals surface area contributed by atoms with Crippen LogP contribution in [0.3, 0.4) is 0 Å². The van der Waals surface area contributed by atoms with E-state index in [0.717, 1.165) is 10.0 Å². The number of nitrogens with two attached hydrogens (primary N) is 1. The summed E-state index contributed by atoms with van der Waals surface area (Å²) in [5, 5.41) is 2.70. The van der Waals surface area contributed by atoms with Crippen LogP contribution in [0.4, 0.5) is 5.82 Å². The summed E-state index contributed by atoms with van der Waals surface area (Å²) in [5.74, 6) is 0.163. The molecule has 2 heterocycles. The molecule has 0 atom stereocenters. The fourth-order valence-corrected chi connectivity index (χ4v) is 2.08. The maximum Gasteiger partial charge on any atom is 0.275 e. The summed E-state index contributed by atoms with van der Waals surface area (Å²) in [7, 11) is 0. The topological polar surface area (TPSA) is 80.9 Å². The van der Waals surface area contributed by atoms with Gasteiger partial charge in [-0.15, -0.1) is 0 Å². The highest BCUT2D eigenvalue weighted by atomic mass is 79.9. The average Bonchev–Trinajstić information content (AvgIpc) is 2.42. The minimum absolute atomic E-state index is 0.245. The van der Waals surface area contributed by atoms with Gasteiger partial charge in [0.15, 0.2) is 0 Å². The summed E-state index contributed by atoms with van der Waals surface area (Å²) in [6.45, 7) is 1.86. The van der Waals surface area contributed by atoms with Crippen molar-refractivity contribution in [2.45, 2.75) is 6.92 Å². The molecular formula is C13H11BrN4OS. The van der Waals surface area contributed by atoms with Gasteiger partial charge >= 0.3 is 0 Å². The van der Waals surface area contributed by atoms with Gasteiger partial charge in [0, 0.05) is 22.4 Å². The number of aromatic nitrogens is 2. The predicted octanol–water partition coefficient (Wildman–Crippen LogP) is 2.43. The molecule has 0 unspecified atom stereocenters. The van der Waals surface area contributed by atoms with Crippen molar-refractivity contribution >= 4 is 44.9 Å². The Morgan fingerprint density at radius 3 is 2.65 bits per heavy atom. The first-order valence-corrected chi connectivity index (χ1v) is 6.87. The van der Waals surface area contributed by atoms with E-state index in [4.69, 9.17) is 18.0 Å². The first-order valence-electron chi connectivity index (χ1n) is 5.66. The Morgan fingerprint density at radius 2 is 2.10 bits per heavy atom. The molecule has 102 valence electrons. The van der Waals surface area contributed by atoms with Gasteiger partial charge in [-0.25, -0.2) is 4.98 Å². The fourth-order valence-electron chi connectivity index (χ4n) is 1.52. The van der Waals surface area contributed by atoms with E-state index >= 15 is 0 Å². The van der Waals surface area contributed by atoms with Gasteiger partial charge in [0.25, 0.3) is 5.91 Å². The lowest BCUT2D eigenvalue weighted by molar-refractivity contribution is 0.102. The van der Waals surface area contributed by atoms with Crippen molar-refractivity contribution in [2.24, 2.45) is 5.73 Å². The second-order valence-electron chi connectivity index (χ2n) is 4.07. The number of anilines is 1. The summed E-state index contributed by atoms with van der Waals surface area (Å²) in [4.78, 5) is 20.5. The molecule has 0 bridgehead atoms. The summed E-state index contributed by atoms with van der Waals surface area (Å²) in [6.07, 6.45) is 3.09. The van der Waals surface area contributed by atoms with Crippen LogP contribution in [0.1, 0.15) is 21.6 Å². The van der Waals surface area contributed by atoms with Crippen molar-refractivity contribution in [3.05, 3.63) is 51.9 Å². The summed E-state index contributed by atoms with van der Waals surface area (Å²) in [6, 6.07) is 5.09. The molecule has 2 aromatic rings. The molecule has 3 N–H and O–H groups in total. The molecule has 5 nitrogen and oxygen atoms in total. The third-order valence-electron chi connectivity index (χ3n) is 2.56. The Balaban J connectivity index is 2.17. The quantitative estimate of drug-likeness (QED) is 0.831. The Bertz CT molecular complexity index is 673. The van der Waals surface area contributed by atoms with E-state index in [0.29, 0.717) is 11.4 Å². The molecule has 0 fully saturated rings. The molecule has 7 heteroatoms. The zero-order chi connectivity index (χ0) is 14.7. The maximum absolute atomic E-state index is 12.0. The molecule has 2 aromatic heterocycles. The lowest BCUT2D eigenvalue weighted by Crippen LogP contribution is -2.16. The summed E-state index contributed by atoms with van der Waals surface area (Å²) in [5.41, 5.74) is 7.22. The Hall–Kier alpha value is -1.86. The van der Waals surface area contributed by atoms with E-state index < -0.39 is 0 Å². The van der Waals surface area contributed by atoms with Crippen LogP contribution >= 0.6 is 28.1 Å². The number of thiocarbonyl (C=S) groups is 1. The van der Waals surface area contributed by atoms with Crippen LogP contribution in [-0.2, 0) is 0 Å². The van der Waals surface area contributed by atoms with E-state index in [1.54, 1.807) is 18.3 Å². The number of halogens is 1. The van der Waals surface area contributed by atoms with E-state index in [1.807, 2.05) is 13.0 Å². The van der Waals surface area contributed by atoms with Crippen molar-refractivity contribution in [3.8, 4) is 0 Å². The van der Waals surface area contributed by atoms with Gasteiger partial charge in [0.2, 0.25) is 0 Å². The third kappa shape index (κ3) is 3.37. The van der Waals surface area contributed by atoms with Crippen molar-refractivity contribution in [3.63, 3.8) is 0 Å². The average molecular weight is 351 g/mol. The van der Waals surface area contributed by atoms with Gasteiger partial charge in [-0.2, -0.15) is 0 Å². The van der Waals surface area contributed by atoms with Gasteiger partial charge in [-0.05, 0) is 46.6 Å². The van der Waals surface area contributed by atoms with Crippen molar-refractivity contribution < 1.29 is 4.79 Å². The smallest absolute Gasteiger partial charge is 0.275 e. The Morgan fingerprint density at radius 1 is 1.35 bits per heavy atom. The predicted molar refractivity (Wildman–Crippen MR) is 84.8 cm³/mol. The highest BCUT2D eigenvalue weighted by molar-refractivity contribution is 9.10. The minimum Gasteiger partial charge on any atom is -0.389 e. The molecule has 0 saturated carbocycles. The van der Waals surface area contributed by atoms with Crippen LogP contribution in [0, 0.1) is 6.92 Å². The van der Waals surface area contributed by atoms with Gasteiger partial charge in [-0.3, -0.25) is 9.78 Å². The monoisotopic (exact) mass is 350 g/mol. The molecule has 20 heavy (non-hydrogen) atoms. The van der Waals surface area contributed by atoms with Gasteiger partial charge in [-0.1, -0.05) is 12.2 Å². The maximum atomic E-state index is 12.0. The van der Waals surface area contributed by atoms with Crippen LogP contribution in [0.2, 0.25) is 0 Å². The van der Waals surface area contributed by atoms with Gasteiger partial charge < -0.3 is 11.1 Å². The minimum atomic E-state index is -0.336. The van der Waals surface area contributed by atoms with E-state index in [2.05, 4.69) is 31.2 Å². The number of amides is 1. The Kier molecular flexibility index (Phi) is 4.41. The van der Waals surface area contributed by atoms with Crippen molar-refractivity contribution in [2.75, 3.05) is 5.32 Å². The summed E-state index contributed by atoms with van der Waals surface area (Å²) < 4.78 is 0.854. The number of rotatable bonds is 3. The first kappa shape index (κ1) is 14.5. The van der Waals surface area contributed by atoms with Crippen LogP contribution < -0.4 is 11.1 Å². The number of aryl methyl sites for hydroxylation is 1. The fraction of sp³-hybridized carbons (Fsp3) is 0.0769. The highest BCUT2D eigenvalue weighted by Gasteiger charge is 2.10. The normalized spacial score (nSPS) is 10.1. The SMILES string of the molecule is Cc1cc(Br)cnc1NC(=O)c1ccc(C(N)=S)cn1. The lowest BCUT2D eigenvalue weighted by atomic mass is 10.2. The van der Waals surface area contributed by atoms with E-state index in [9.17, 15) is 4.79 Å². The third-order valence-corrected chi connectivity index (χ3v) is 3.23. The number of nitrogens with one attached hydrogen (secondary N) is 1. The molecule has 0 aliphatic carbocycles.